The van der Waals surface area contributed by atoms with Gasteiger partial charge in [0.05, 0.1) is 10.5 Å². The van der Waals surface area contributed by atoms with E-state index < -0.39 is 32.1 Å². The zero-order chi connectivity index (χ0) is 15.0. The topological polar surface area (TPSA) is 72.2 Å². The summed E-state index contributed by atoms with van der Waals surface area (Å²) in [5.74, 6) is -1.85. The van der Waals surface area contributed by atoms with Gasteiger partial charge in [-0.25, -0.2) is 17.2 Å². The van der Waals surface area contributed by atoms with Crippen molar-refractivity contribution in [2.75, 3.05) is 0 Å². The van der Waals surface area contributed by atoms with Crippen LogP contribution in [0.2, 0.25) is 0 Å². The molecule has 0 amide bonds. The van der Waals surface area contributed by atoms with E-state index in [4.69, 9.17) is 18.0 Å². The van der Waals surface area contributed by atoms with Crippen molar-refractivity contribution in [2.45, 2.75) is 36.1 Å². The first kappa shape index (κ1) is 15.3. The molecular weight excluding hydrogens is 306 g/mol. The summed E-state index contributed by atoms with van der Waals surface area (Å²) in [6.45, 7) is 0. The lowest BCUT2D eigenvalue weighted by atomic mass is 10.00. The lowest BCUT2D eigenvalue weighted by Gasteiger charge is -2.28. The highest BCUT2D eigenvalue weighted by atomic mass is 32.2. The van der Waals surface area contributed by atoms with Gasteiger partial charge >= 0.3 is 0 Å². The van der Waals surface area contributed by atoms with Gasteiger partial charge < -0.3 is 5.73 Å². The van der Waals surface area contributed by atoms with Crippen molar-refractivity contribution in [1.29, 1.82) is 0 Å². The minimum Gasteiger partial charge on any atom is -0.392 e. The van der Waals surface area contributed by atoms with Crippen LogP contribution in [0.25, 0.3) is 0 Å². The number of sulfonamides is 1. The Hall–Kier alpha value is -1.12. The summed E-state index contributed by atoms with van der Waals surface area (Å²) in [4.78, 5) is -0.713. The molecule has 0 aliphatic heterocycles. The van der Waals surface area contributed by atoms with Gasteiger partial charge in [0.25, 0.3) is 0 Å². The van der Waals surface area contributed by atoms with Crippen molar-refractivity contribution < 1.29 is 17.2 Å². The van der Waals surface area contributed by atoms with Crippen LogP contribution in [0.15, 0.2) is 23.1 Å². The SMILES string of the molecule is NC(=S)C1(NS(=O)(=O)c2cc(F)ccc2F)CCCC1. The highest BCUT2D eigenvalue weighted by Crippen LogP contribution is 2.32. The second-order valence-corrected chi connectivity index (χ2v) is 6.92. The Morgan fingerprint density at radius 1 is 1.30 bits per heavy atom. The molecule has 110 valence electrons. The predicted molar refractivity (Wildman–Crippen MR) is 74.7 cm³/mol. The van der Waals surface area contributed by atoms with Crippen molar-refractivity contribution >= 4 is 27.2 Å². The molecule has 0 atom stereocenters. The van der Waals surface area contributed by atoms with Crippen molar-refractivity contribution in [3.8, 4) is 0 Å². The van der Waals surface area contributed by atoms with Gasteiger partial charge in [-0.1, -0.05) is 25.1 Å². The molecule has 0 radical (unpaired) electrons. The van der Waals surface area contributed by atoms with Crippen molar-refractivity contribution in [2.24, 2.45) is 5.73 Å². The number of hydrogen-bond acceptors (Lipinski definition) is 3. The van der Waals surface area contributed by atoms with Crippen molar-refractivity contribution in [1.82, 2.24) is 4.72 Å². The lowest BCUT2D eigenvalue weighted by Crippen LogP contribution is -2.54. The monoisotopic (exact) mass is 320 g/mol. The minimum absolute atomic E-state index is 0.0235. The van der Waals surface area contributed by atoms with Crippen LogP contribution in [0.5, 0.6) is 0 Å². The Morgan fingerprint density at radius 2 is 1.90 bits per heavy atom. The van der Waals surface area contributed by atoms with Gasteiger partial charge in [-0.2, -0.15) is 4.72 Å². The minimum atomic E-state index is -4.23. The first-order valence-electron chi connectivity index (χ1n) is 6.06. The van der Waals surface area contributed by atoms with E-state index >= 15 is 0 Å². The van der Waals surface area contributed by atoms with Crippen LogP contribution in [0.4, 0.5) is 8.78 Å². The molecular formula is C12H14F2N2O2S2. The molecule has 1 aromatic carbocycles. The van der Waals surface area contributed by atoms with E-state index in [0.29, 0.717) is 18.9 Å². The second kappa shape index (κ2) is 5.34. The molecule has 0 aromatic heterocycles. The summed E-state index contributed by atoms with van der Waals surface area (Å²) in [7, 11) is -4.23. The number of rotatable bonds is 4. The molecule has 1 aliphatic rings. The zero-order valence-electron chi connectivity index (χ0n) is 10.5. The molecule has 1 aliphatic carbocycles. The maximum Gasteiger partial charge on any atom is 0.244 e. The fraction of sp³-hybridized carbons (Fsp3) is 0.417. The molecule has 20 heavy (non-hydrogen) atoms. The first-order chi connectivity index (χ1) is 9.27. The summed E-state index contributed by atoms with van der Waals surface area (Å²) < 4.78 is 53.6. The summed E-state index contributed by atoms with van der Waals surface area (Å²) >= 11 is 4.93. The van der Waals surface area contributed by atoms with Crippen LogP contribution >= 0.6 is 12.2 Å². The van der Waals surface area contributed by atoms with E-state index in [1.807, 2.05) is 0 Å². The number of thiocarbonyl (C=S) groups is 1. The number of nitrogens with one attached hydrogen (secondary N) is 1. The molecule has 1 aromatic rings. The molecule has 1 saturated carbocycles. The third kappa shape index (κ3) is 2.82. The largest absolute Gasteiger partial charge is 0.392 e. The lowest BCUT2D eigenvalue weighted by molar-refractivity contribution is 0.494. The van der Waals surface area contributed by atoms with Gasteiger partial charge in [-0.15, -0.1) is 0 Å². The van der Waals surface area contributed by atoms with Crippen molar-refractivity contribution in [3.63, 3.8) is 0 Å². The highest BCUT2D eigenvalue weighted by Gasteiger charge is 2.41. The molecule has 8 heteroatoms. The van der Waals surface area contributed by atoms with Crippen LogP contribution in [0, 0.1) is 11.6 Å². The summed E-state index contributed by atoms with van der Waals surface area (Å²) in [6.07, 6.45) is 2.45. The third-order valence-corrected chi connectivity index (χ3v) is 5.38. The van der Waals surface area contributed by atoms with Gasteiger partial charge in [-0.3, -0.25) is 0 Å². The molecule has 0 saturated heterocycles. The van der Waals surface area contributed by atoms with E-state index in [1.54, 1.807) is 0 Å². The Labute approximate surface area is 121 Å². The number of hydrogen-bond donors (Lipinski definition) is 2. The smallest absolute Gasteiger partial charge is 0.244 e. The van der Waals surface area contributed by atoms with E-state index in [-0.39, 0.29) is 4.99 Å². The van der Waals surface area contributed by atoms with Gasteiger partial charge in [0, 0.05) is 0 Å². The Morgan fingerprint density at radius 3 is 2.45 bits per heavy atom. The summed E-state index contributed by atoms with van der Waals surface area (Å²) in [6, 6.07) is 2.26. The quantitative estimate of drug-likeness (QED) is 0.831. The average Bonchev–Trinajstić information content (AvgIpc) is 2.81. The molecule has 0 heterocycles. The van der Waals surface area contributed by atoms with Crippen LogP contribution in [-0.4, -0.2) is 18.9 Å². The fourth-order valence-corrected chi connectivity index (χ4v) is 4.22. The number of halogens is 2. The maximum atomic E-state index is 13.6. The predicted octanol–water partition coefficient (Wildman–Crippen LogP) is 1.84. The summed E-state index contributed by atoms with van der Waals surface area (Å²) in [5, 5.41) is 0. The van der Waals surface area contributed by atoms with Gasteiger partial charge in [0.15, 0.2) is 0 Å². The number of nitrogens with two attached hydrogens (primary N) is 1. The number of benzene rings is 1. The van der Waals surface area contributed by atoms with Crippen LogP contribution in [-0.2, 0) is 10.0 Å². The molecule has 2 rings (SSSR count). The second-order valence-electron chi connectivity index (χ2n) is 4.83. The van der Waals surface area contributed by atoms with E-state index in [9.17, 15) is 17.2 Å². The van der Waals surface area contributed by atoms with Crippen LogP contribution < -0.4 is 10.5 Å². The maximum absolute atomic E-state index is 13.6. The van der Waals surface area contributed by atoms with E-state index in [2.05, 4.69) is 4.72 Å². The van der Waals surface area contributed by atoms with Crippen molar-refractivity contribution in [3.05, 3.63) is 29.8 Å². The van der Waals surface area contributed by atoms with Gasteiger partial charge in [-0.05, 0) is 31.0 Å². The molecule has 0 bridgehead atoms. The standard InChI is InChI=1S/C12H14F2N2O2S2/c13-8-3-4-9(14)10(7-8)20(17,18)16-12(11(15)19)5-1-2-6-12/h3-4,7,16H,1-2,5-6H2,(H2,15,19). The van der Waals surface area contributed by atoms with E-state index in [1.165, 1.54) is 0 Å². The molecule has 0 spiro atoms. The fourth-order valence-electron chi connectivity index (χ4n) is 2.37. The summed E-state index contributed by atoms with van der Waals surface area (Å²) in [5.41, 5.74) is 4.57. The molecule has 1 fully saturated rings. The zero-order valence-corrected chi connectivity index (χ0v) is 12.2. The van der Waals surface area contributed by atoms with Gasteiger partial charge in [0.1, 0.15) is 16.5 Å². The van der Waals surface area contributed by atoms with E-state index in [0.717, 1.165) is 25.0 Å². The normalized spacial score (nSPS) is 18.1. The Balaban J connectivity index is 2.40. The third-order valence-electron chi connectivity index (χ3n) is 3.44. The average molecular weight is 320 g/mol. The Kier molecular flexibility index (Phi) is 4.08. The van der Waals surface area contributed by atoms with Crippen LogP contribution in [0.1, 0.15) is 25.7 Å². The van der Waals surface area contributed by atoms with Crippen LogP contribution in [0.3, 0.4) is 0 Å². The molecule has 3 N–H and O–H groups in total. The molecule has 0 unspecified atom stereocenters. The van der Waals surface area contributed by atoms with Gasteiger partial charge in [0.2, 0.25) is 10.0 Å². The Bertz CT molecular complexity index is 641. The molecule has 4 nitrogen and oxygen atoms in total. The first-order valence-corrected chi connectivity index (χ1v) is 7.95. The highest BCUT2D eigenvalue weighted by molar-refractivity contribution is 7.89.